The fourth-order valence-electron chi connectivity index (χ4n) is 0.557. The van der Waals surface area contributed by atoms with Crippen LogP contribution in [-0.4, -0.2) is 6.61 Å². The summed E-state index contributed by atoms with van der Waals surface area (Å²) in [7, 11) is 0. The second-order valence-corrected chi connectivity index (χ2v) is 2.54. The van der Waals surface area contributed by atoms with Crippen molar-refractivity contribution in [3.8, 4) is 10.8 Å². The lowest BCUT2D eigenvalue weighted by Gasteiger charge is -1.94. The van der Waals surface area contributed by atoms with Gasteiger partial charge >= 0.3 is 0 Å². The minimum Gasteiger partial charge on any atom is -0.235 e. The Kier molecular flexibility index (Phi) is 1.59. The molecule has 0 heterocycles. The molecule has 0 saturated heterocycles. The van der Waals surface area contributed by atoms with E-state index in [1.165, 1.54) is 0 Å². The molecule has 0 aromatic carbocycles. The maximum atomic E-state index is 10.3. The third-order valence-corrected chi connectivity index (χ3v) is 1.64. The van der Waals surface area contributed by atoms with Crippen molar-refractivity contribution in [2.24, 2.45) is 5.41 Å². The van der Waals surface area contributed by atoms with Crippen LogP contribution in [0.1, 0.15) is 12.8 Å². The molecule has 1 rings (SSSR count). The highest BCUT2D eigenvalue weighted by Gasteiger charge is 2.41. The quantitative estimate of drug-likeness (QED) is 0.537. The summed E-state index contributed by atoms with van der Waals surface area (Å²) in [6.45, 7) is -0.0361. The van der Waals surface area contributed by atoms with Gasteiger partial charge in [0.05, 0.1) is 12.0 Å². The van der Waals surface area contributed by atoms with E-state index in [1.807, 2.05) is 0 Å². The van der Waals surface area contributed by atoms with E-state index in [4.69, 9.17) is 0 Å². The molecule has 0 N–H and O–H groups in total. The fraction of sp³-hybridized carbons (Fsp3) is 0.667. The van der Waals surface area contributed by atoms with E-state index in [2.05, 4.69) is 26.7 Å². The lowest BCUT2D eigenvalue weighted by Crippen LogP contribution is -1.99. The summed E-state index contributed by atoms with van der Waals surface area (Å²) in [6, 6.07) is 0. The van der Waals surface area contributed by atoms with Gasteiger partial charge in [0.2, 0.25) is 0 Å². The first kappa shape index (κ1) is 6.12. The fourth-order valence-corrected chi connectivity index (χ4v) is 0.977. The van der Waals surface area contributed by atoms with Gasteiger partial charge in [-0.2, -0.15) is 0 Å². The molecular formula is C6H6BrO. The Hall–Kier alpha value is 0. The van der Waals surface area contributed by atoms with E-state index in [1.54, 1.807) is 0 Å². The molecule has 0 aromatic rings. The van der Waals surface area contributed by atoms with Crippen LogP contribution in [0, 0.1) is 16.2 Å². The topological polar surface area (TPSA) is 19.9 Å². The van der Waals surface area contributed by atoms with Crippen LogP contribution in [-0.2, 0) is 5.11 Å². The Morgan fingerprint density at radius 2 is 2.25 bits per heavy atom. The van der Waals surface area contributed by atoms with Gasteiger partial charge in [-0.25, -0.2) is 5.11 Å². The molecule has 1 fully saturated rings. The summed E-state index contributed by atoms with van der Waals surface area (Å²) in [5, 5.41) is 10.3. The molecule has 43 valence electrons. The Labute approximate surface area is 57.2 Å². The zero-order chi connectivity index (χ0) is 6.04. The molecule has 8 heavy (non-hydrogen) atoms. The minimum absolute atomic E-state index is 0.0361. The number of hydrogen-bond donors (Lipinski definition) is 0. The molecule has 2 heteroatoms. The first-order valence-corrected chi connectivity index (χ1v) is 3.33. The molecular weight excluding hydrogens is 168 g/mol. The summed E-state index contributed by atoms with van der Waals surface area (Å²) < 4.78 is 0. The normalized spacial score (nSPS) is 21.2. The van der Waals surface area contributed by atoms with E-state index < -0.39 is 0 Å². The van der Waals surface area contributed by atoms with Crippen LogP contribution >= 0.6 is 15.9 Å². The monoisotopic (exact) mass is 173 g/mol. The maximum Gasteiger partial charge on any atom is 0.0988 e. The number of hydrogen-bond acceptors (Lipinski definition) is 0. The summed E-state index contributed by atoms with van der Waals surface area (Å²) in [6.07, 6.45) is 1.99. The molecule has 0 amide bonds. The van der Waals surface area contributed by atoms with Crippen molar-refractivity contribution < 1.29 is 5.11 Å². The molecule has 1 aliphatic rings. The minimum atomic E-state index is -0.122. The smallest absolute Gasteiger partial charge is 0.0988 e. The predicted molar refractivity (Wildman–Crippen MR) is 33.9 cm³/mol. The number of halogens is 1. The SMILES string of the molecule is [O]CC1(C#CBr)CC1. The van der Waals surface area contributed by atoms with Gasteiger partial charge in [0.25, 0.3) is 0 Å². The lowest BCUT2D eigenvalue weighted by molar-refractivity contribution is 0.156. The molecule has 0 unspecified atom stereocenters. The van der Waals surface area contributed by atoms with Gasteiger partial charge < -0.3 is 0 Å². The van der Waals surface area contributed by atoms with E-state index in [9.17, 15) is 5.11 Å². The predicted octanol–water partition coefficient (Wildman–Crippen LogP) is 1.55. The van der Waals surface area contributed by atoms with Crippen molar-refractivity contribution in [2.75, 3.05) is 6.61 Å². The van der Waals surface area contributed by atoms with E-state index in [0.717, 1.165) is 12.8 Å². The molecule has 0 spiro atoms. The molecule has 0 aliphatic heterocycles. The molecule has 1 radical (unpaired) electrons. The molecule has 0 atom stereocenters. The van der Waals surface area contributed by atoms with Crippen LogP contribution in [0.4, 0.5) is 0 Å². The highest BCUT2D eigenvalue weighted by Crippen LogP contribution is 2.44. The third-order valence-electron chi connectivity index (χ3n) is 1.44. The van der Waals surface area contributed by atoms with Gasteiger partial charge in [0.15, 0.2) is 0 Å². The van der Waals surface area contributed by atoms with Crippen molar-refractivity contribution in [3.05, 3.63) is 0 Å². The van der Waals surface area contributed by atoms with Crippen molar-refractivity contribution in [2.45, 2.75) is 12.8 Å². The maximum absolute atomic E-state index is 10.3. The summed E-state index contributed by atoms with van der Waals surface area (Å²) in [4.78, 5) is 2.58. The Bertz CT molecular complexity index is 138. The van der Waals surface area contributed by atoms with Crippen LogP contribution in [0.2, 0.25) is 0 Å². The zero-order valence-electron chi connectivity index (χ0n) is 4.41. The third kappa shape index (κ3) is 1.04. The highest BCUT2D eigenvalue weighted by atomic mass is 79.9. The second kappa shape index (κ2) is 2.08. The molecule has 1 nitrogen and oxygen atoms in total. The summed E-state index contributed by atoms with van der Waals surface area (Å²) in [5.74, 6) is 2.84. The van der Waals surface area contributed by atoms with Gasteiger partial charge in [0, 0.05) is 15.9 Å². The average molecular weight is 174 g/mol. The standard InChI is InChI=1S/C6H6BrO/c7-4-3-6(5-8)1-2-6/h1-2,5H2. The Morgan fingerprint density at radius 1 is 1.62 bits per heavy atom. The highest BCUT2D eigenvalue weighted by molar-refractivity contribution is 9.12. The first-order chi connectivity index (χ1) is 3.83. The van der Waals surface area contributed by atoms with E-state index in [-0.39, 0.29) is 12.0 Å². The van der Waals surface area contributed by atoms with Gasteiger partial charge in [-0.15, -0.1) is 0 Å². The Morgan fingerprint density at radius 3 is 2.38 bits per heavy atom. The van der Waals surface area contributed by atoms with Crippen molar-refractivity contribution in [3.63, 3.8) is 0 Å². The second-order valence-electron chi connectivity index (χ2n) is 2.14. The van der Waals surface area contributed by atoms with Crippen LogP contribution in [0.5, 0.6) is 0 Å². The van der Waals surface area contributed by atoms with Crippen LogP contribution in [0.3, 0.4) is 0 Å². The molecule has 0 aromatic heterocycles. The zero-order valence-corrected chi connectivity index (χ0v) is 5.99. The van der Waals surface area contributed by atoms with Gasteiger partial charge in [0.1, 0.15) is 0 Å². The van der Waals surface area contributed by atoms with Crippen LogP contribution < -0.4 is 0 Å². The molecule has 1 aliphatic carbocycles. The Balaban J connectivity index is 2.49. The van der Waals surface area contributed by atoms with E-state index >= 15 is 0 Å². The molecule has 0 bridgehead atoms. The molecule has 1 saturated carbocycles. The first-order valence-electron chi connectivity index (χ1n) is 2.54. The van der Waals surface area contributed by atoms with Crippen LogP contribution in [0.15, 0.2) is 0 Å². The van der Waals surface area contributed by atoms with Gasteiger partial charge in [-0.05, 0) is 17.7 Å². The van der Waals surface area contributed by atoms with Crippen molar-refractivity contribution >= 4 is 15.9 Å². The van der Waals surface area contributed by atoms with Gasteiger partial charge in [-0.3, -0.25) is 0 Å². The average Bonchev–Trinajstić information content (AvgIpc) is 2.50. The lowest BCUT2D eigenvalue weighted by atomic mass is 10.1. The summed E-state index contributed by atoms with van der Waals surface area (Å²) >= 11 is 2.97. The summed E-state index contributed by atoms with van der Waals surface area (Å²) in [5.41, 5.74) is -0.122. The van der Waals surface area contributed by atoms with Gasteiger partial charge in [-0.1, -0.05) is 5.92 Å². The largest absolute Gasteiger partial charge is 0.235 e. The van der Waals surface area contributed by atoms with E-state index in [0.29, 0.717) is 0 Å². The van der Waals surface area contributed by atoms with Crippen molar-refractivity contribution in [1.82, 2.24) is 0 Å². The number of rotatable bonds is 1. The van der Waals surface area contributed by atoms with Crippen molar-refractivity contribution in [1.29, 1.82) is 0 Å². The van der Waals surface area contributed by atoms with Crippen LogP contribution in [0.25, 0.3) is 0 Å².